The van der Waals surface area contributed by atoms with Crippen LogP contribution in [0.15, 0.2) is 52.5 Å². The number of nitrogens with two attached hydrogens (primary N) is 1. The number of primary sulfonamides is 1. The number of amides is 1. The second-order valence-electron chi connectivity index (χ2n) is 6.58. The Kier molecular flexibility index (Phi) is 5.78. The molecule has 28 heavy (non-hydrogen) atoms. The van der Waals surface area contributed by atoms with Gasteiger partial charge in [0.15, 0.2) is 5.16 Å². The number of aryl methyl sites for hydroxylation is 2. The predicted molar refractivity (Wildman–Crippen MR) is 111 cm³/mol. The fraction of sp³-hybridized carbons (Fsp3) is 0.263. The minimum atomic E-state index is -3.79. The zero-order valence-electron chi connectivity index (χ0n) is 15.8. The Labute approximate surface area is 168 Å². The number of benzene rings is 2. The number of hydrogen-bond acceptors (Lipinski definition) is 5. The maximum atomic E-state index is 12.4. The molecule has 9 heteroatoms. The Morgan fingerprint density at radius 2 is 2.00 bits per heavy atom. The molecule has 1 atom stereocenters. The maximum Gasteiger partial charge on any atom is 0.238 e. The molecule has 148 valence electrons. The normalized spacial score (nSPS) is 12.9. The summed E-state index contributed by atoms with van der Waals surface area (Å²) in [5.41, 5.74) is 3.50. The van der Waals surface area contributed by atoms with Gasteiger partial charge in [0, 0.05) is 7.05 Å². The lowest BCUT2D eigenvalue weighted by Crippen LogP contribution is -2.28. The molecule has 0 spiro atoms. The molecule has 0 bridgehead atoms. The number of hydrogen-bond donors (Lipinski definition) is 2. The smallest absolute Gasteiger partial charge is 0.238 e. The van der Waals surface area contributed by atoms with Gasteiger partial charge in [0.1, 0.15) is 0 Å². The van der Waals surface area contributed by atoms with Crippen molar-refractivity contribution in [3.63, 3.8) is 0 Å². The van der Waals surface area contributed by atoms with E-state index in [1.165, 1.54) is 23.9 Å². The summed E-state index contributed by atoms with van der Waals surface area (Å²) in [6, 6.07) is 12.4. The van der Waals surface area contributed by atoms with Crippen molar-refractivity contribution in [2.45, 2.75) is 29.9 Å². The summed E-state index contributed by atoms with van der Waals surface area (Å²) in [5, 5.41) is 8.80. The van der Waals surface area contributed by atoms with Crippen LogP contribution >= 0.6 is 11.8 Å². The highest BCUT2D eigenvalue weighted by Gasteiger charge is 2.16. The summed E-state index contributed by atoms with van der Waals surface area (Å²) in [5.74, 6) is 0.105. The quantitative estimate of drug-likeness (QED) is 0.598. The average Bonchev–Trinajstić information content (AvgIpc) is 2.95. The van der Waals surface area contributed by atoms with Crippen LogP contribution in [0.4, 0.5) is 0 Å². The lowest BCUT2D eigenvalue weighted by molar-refractivity contribution is -0.119. The number of nitrogens with zero attached hydrogens (tertiary/aromatic N) is 2. The molecule has 0 saturated heterocycles. The van der Waals surface area contributed by atoms with Crippen molar-refractivity contribution in [3.8, 4) is 0 Å². The summed E-state index contributed by atoms with van der Waals surface area (Å²) in [7, 11) is -1.97. The van der Waals surface area contributed by atoms with E-state index in [1.54, 1.807) is 6.07 Å². The first kappa shape index (κ1) is 20.4. The molecule has 3 rings (SSSR count). The van der Waals surface area contributed by atoms with Crippen molar-refractivity contribution in [3.05, 3.63) is 53.6 Å². The van der Waals surface area contributed by atoms with E-state index in [0.717, 1.165) is 16.6 Å². The van der Waals surface area contributed by atoms with Crippen molar-refractivity contribution in [1.82, 2.24) is 14.9 Å². The molecular weight excluding hydrogens is 396 g/mol. The first-order valence-corrected chi connectivity index (χ1v) is 11.2. The Morgan fingerprint density at radius 3 is 2.68 bits per heavy atom. The monoisotopic (exact) mass is 418 g/mol. The molecule has 7 nitrogen and oxygen atoms in total. The van der Waals surface area contributed by atoms with E-state index < -0.39 is 10.0 Å². The van der Waals surface area contributed by atoms with Crippen LogP contribution in [-0.4, -0.2) is 29.6 Å². The van der Waals surface area contributed by atoms with Crippen LogP contribution in [0.5, 0.6) is 0 Å². The zero-order valence-corrected chi connectivity index (χ0v) is 17.5. The van der Waals surface area contributed by atoms with Gasteiger partial charge in [0.25, 0.3) is 0 Å². The molecule has 1 amide bonds. The van der Waals surface area contributed by atoms with Crippen molar-refractivity contribution in [1.29, 1.82) is 0 Å². The SMILES string of the molecule is Cc1ccccc1[C@H](C)NC(=O)CSc1nc2cc(S(N)(=O)=O)ccc2n1C. The predicted octanol–water partition coefficient (Wildman–Crippen LogP) is 2.50. The molecule has 0 saturated carbocycles. The minimum absolute atomic E-state index is 0.0134. The van der Waals surface area contributed by atoms with Crippen molar-refractivity contribution in [2.24, 2.45) is 12.2 Å². The molecule has 3 N–H and O–H groups in total. The van der Waals surface area contributed by atoms with Gasteiger partial charge in [-0.2, -0.15) is 0 Å². The molecule has 2 aromatic carbocycles. The van der Waals surface area contributed by atoms with Gasteiger partial charge in [0.05, 0.1) is 27.7 Å². The number of imidazole rings is 1. The molecule has 0 aliphatic carbocycles. The Balaban J connectivity index is 1.70. The molecular formula is C19H22N4O3S2. The largest absolute Gasteiger partial charge is 0.349 e. The molecule has 1 heterocycles. The van der Waals surface area contributed by atoms with Crippen LogP contribution in [0.25, 0.3) is 11.0 Å². The van der Waals surface area contributed by atoms with Crippen LogP contribution in [0.3, 0.4) is 0 Å². The van der Waals surface area contributed by atoms with E-state index in [9.17, 15) is 13.2 Å². The number of rotatable bonds is 6. The van der Waals surface area contributed by atoms with Gasteiger partial charge in [-0.25, -0.2) is 18.5 Å². The summed E-state index contributed by atoms with van der Waals surface area (Å²) < 4.78 is 24.8. The number of sulfonamides is 1. The third-order valence-corrected chi connectivity index (χ3v) is 6.45. The zero-order chi connectivity index (χ0) is 20.5. The first-order chi connectivity index (χ1) is 13.2. The van der Waals surface area contributed by atoms with E-state index in [0.29, 0.717) is 10.7 Å². The summed E-state index contributed by atoms with van der Waals surface area (Å²) in [6.07, 6.45) is 0. The van der Waals surface area contributed by atoms with E-state index in [2.05, 4.69) is 10.3 Å². The minimum Gasteiger partial charge on any atom is -0.349 e. The van der Waals surface area contributed by atoms with Gasteiger partial charge < -0.3 is 9.88 Å². The standard InChI is InChI=1S/C19H22N4O3S2/c1-12-6-4-5-7-15(12)13(2)21-18(24)11-27-19-22-16-10-14(28(20,25)26)8-9-17(16)23(19)3/h4-10,13H,11H2,1-3H3,(H,21,24)(H2,20,25,26)/t13-/m0/s1. The van der Waals surface area contributed by atoms with Crippen molar-refractivity contribution >= 4 is 38.7 Å². The van der Waals surface area contributed by atoms with Crippen LogP contribution in [0, 0.1) is 6.92 Å². The van der Waals surface area contributed by atoms with Gasteiger partial charge >= 0.3 is 0 Å². The second kappa shape index (κ2) is 7.94. The number of aromatic nitrogens is 2. The molecule has 1 aromatic heterocycles. The van der Waals surface area contributed by atoms with Gasteiger partial charge in [-0.1, -0.05) is 36.0 Å². The van der Waals surface area contributed by atoms with E-state index in [-0.39, 0.29) is 22.6 Å². The fourth-order valence-corrected chi connectivity index (χ4v) is 4.36. The van der Waals surface area contributed by atoms with Gasteiger partial charge in [0.2, 0.25) is 15.9 Å². The average molecular weight is 419 g/mol. The van der Waals surface area contributed by atoms with Crippen molar-refractivity contribution < 1.29 is 13.2 Å². The molecule has 0 aliphatic heterocycles. The summed E-state index contributed by atoms with van der Waals surface area (Å²) in [4.78, 5) is 16.8. The first-order valence-electron chi connectivity index (χ1n) is 8.64. The number of carbonyl (C=O) groups excluding carboxylic acids is 1. The topological polar surface area (TPSA) is 107 Å². The van der Waals surface area contributed by atoms with Crippen LogP contribution in [-0.2, 0) is 21.9 Å². The van der Waals surface area contributed by atoms with E-state index in [4.69, 9.17) is 5.14 Å². The number of thioether (sulfide) groups is 1. The fourth-order valence-electron chi connectivity index (χ4n) is 3.03. The van der Waals surface area contributed by atoms with Crippen molar-refractivity contribution in [2.75, 3.05) is 5.75 Å². The van der Waals surface area contributed by atoms with Gasteiger partial charge in [-0.3, -0.25) is 4.79 Å². The number of nitrogens with one attached hydrogen (secondary N) is 1. The van der Waals surface area contributed by atoms with E-state index >= 15 is 0 Å². The Morgan fingerprint density at radius 1 is 1.29 bits per heavy atom. The van der Waals surface area contributed by atoms with Crippen LogP contribution < -0.4 is 10.5 Å². The lowest BCUT2D eigenvalue weighted by atomic mass is 10.0. The third-order valence-electron chi connectivity index (χ3n) is 4.50. The Hall–Kier alpha value is -2.36. The molecule has 3 aromatic rings. The Bertz CT molecular complexity index is 1140. The highest BCUT2D eigenvalue weighted by atomic mass is 32.2. The van der Waals surface area contributed by atoms with Gasteiger partial charge in [-0.15, -0.1) is 0 Å². The molecule has 0 aliphatic rings. The highest BCUT2D eigenvalue weighted by Crippen LogP contribution is 2.25. The molecule has 0 radical (unpaired) electrons. The third kappa shape index (κ3) is 4.37. The van der Waals surface area contributed by atoms with Crippen LogP contribution in [0.1, 0.15) is 24.1 Å². The summed E-state index contributed by atoms with van der Waals surface area (Å²) in [6.45, 7) is 3.97. The van der Waals surface area contributed by atoms with Gasteiger partial charge in [-0.05, 0) is 43.2 Å². The number of carbonyl (C=O) groups is 1. The maximum absolute atomic E-state index is 12.4. The second-order valence-corrected chi connectivity index (χ2v) is 9.09. The molecule has 0 unspecified atom stereocenters. The van der Waals surface area contributed by atoms with Crippen LogP contribution in [0.2, 0.25) is 0 Å². The molecule has 0 fully saturated rings. The van der Waals surface area contributed by atoms with E-state index in [1.807, 2.05) is 49.7 Å². The lowest BCUT2D eigenvalue weighted by Gasteiger charge is -2.16. The highest BCUT2D eigenvalue weighted by molar-refractivity contribution is 7.99. The number of fused-ring (bicyclic) bond motifs is 1. The summed E-state index contributed by atoms with van der Waals surface area (Å²) >= 11 is 1.29.